The first-order chi connectivity index (χ1) is 11.8. The molecule has 1 aromatic heterocycles. The van der Waals surface area contributed by atoms with Gasteiger partial charge in [0.2, 0.25) is 0 Å². The van der Waals surface area contributed by atoms with Crippen molar-refractivity contribution in [3.63, 3.8) is 0 Å². The van der Waals surface area contributed by atoms with Crippen LogP contribution in [0, 0.1) is 0 Å². The molecule has 2 rings (SSSR count). The van der Waals surface area contributed by atoms with Gasteiger partial charge in [0.25, 0.3) is 0 Å². The summed E-state index contributed by atoms with van der Waals surface area (Å²) in [7, 11) is 0. The number of nitrogens with one attached hydrogen (secondary N) is 2. The van der Waals surface area contributed by atoms with Crippen molar-refractivity contribution >= 4 is 46.9 Å². The fourth-order valence-electron chi connectivity index (χ4n) is 1.75. The van der Waals surface area contributed by atoms with Gasteiger partial charge in [-0.05, 0) is 56.8 Å². The van der Waals surface area contributed by atoms with Crippen LogP contribution in [-0.2, 0) is 5.75 Å². The van der Waals surface area contributed by atoms with Gasteiger partial charge in [0.15, 0.2) is 10.3 Å². The molecule has 0 unspecified atom stereocenters. The van der Waals surface area contributed by atoms with E-state index in [1.807, 2.05) is 45.0 Å². The number of halogens is 1. The molecule has 8 heteroatoms. The molecule has 5 nitrogen and oxygen atoms in total. The number of rotatable bonds is 5. The maximum Gasteiger partial charge on any atom is 0.188 e. The van der Waals surface area contributed by atoms with Crippen LogP contribution in [-0.4, -0.2) is 26.8 Å². The van der Waals surface area contributed by atoms with E-state index in [2.05, 4.69) is 25.8 Å². The molecule has 132 valence electrons. The Morgan fingerprint density at radius 1 is 1.28 bits per heavy atom. The molecular weight excluding hydrogens is 374 g/mol. The lowest BCUT2D eigenvalue weighted by molar-refractivity contribution is 0.508. The predicted molar refractivity (Wildman–Crippen MR) is 109 cm³/mol. The zero-order valence-electron chi connectivity index (χ0n) is 14.3. The summed E-state index contributed by atoms with van der Waals surface area (Å²) in [6, 6.07) is 9.53. The largest absolute Gasteiger partial charge is 0.357 e. The van der Waals surface area contributed by atoms with Gasteiger partial charge in [-0.25, -0.2) is 9.97 Å². The average molecular weight is 394 g/mol. The van der Waals surface area contributed by atoms with E-state index in [4.69, 9.17) is 23.8 Å². The van der Waals surface area contributed by atoms with E-state index in [0.717, 1.165) is 16.3 Å². The second kappa shape index (κ2) is 9.12. The third kappa shape index (κ3) is 7.81. The van der Waals surface area contributed by atoms with Crippen molar-refractivity contribution in [3.05, 3.63) is 52.8 Å². The van der Waals surface area contributed by atoms with Gasteiger partial charge >= 0.3 is 0 Å². The highest BCUT2D eigenvalue weighted by Gasteiger charge is 2.10. The zero-order chi connectivity index (χ0) is 18.3. The Morgan fingerprint density at radius 2 is 2.00 bits per heavy atom. The van der Waals surface area contributed by atoms with Gasteiger partial charge in [-0.3, -0.25) is 5.43 Å². The Labute approximate surface area is 162 Å². The maximum absolute atomic E-state index is 5.89. The molecule has 2 aromatic rings. The molecule has 0 aliphatic carbocycles. The van der Waals surface area contributed by atoms with Gasteiger partial charge < -0.3 is 5.32 Å². The Kier molecular flexibility index (Phi) is 7.16. The first kappa shape index (κ1) is 19.6. The Balaban J connectivity index is 1.88. The Hall–Kier alpha value is -1.70. The summed E-state index contributed by atoms with van der Waals surface area (Å²) in [5.41, 5.74) is 4.54. The molecule has 2 N–H and O–H groups in total. The minimum atomic E-state index is -0.111. The van der Waals surface area contributed by atoms with E-state index in [1.165, 1.54) is 0 Å². The lowest BCUT2D eigenvalue weighted by Crippen LogP contribution is -2.44. The number of aromatic nitrogens is 2. The van der Waals surface area contributed by atoms with Crippen molar-refractivity contribution in [1.29, 1.82) is 0 Å². The van der Waals surface area contributed by atoms with E-state index >= 15 is 0 Å². The fraction of sp³-hybridized carbons (Fsp3) is 0.294. The number of benzene rings is 1. The SMILES string of the molecule is CC(C)(C)NC(=S)N/N=C/c1ccnc(SCc2ccc(Cl)cc2)n1. The van der Waals surface area contributed by atoms with Gasteiger partial charge in [0.1, 0.15) is 0 Å². The van der Waals surface area contributed by atoms with Crippen molar-refractivity contribution in [2.45, 2.75) is 37.2 Å². The molecule has 0 saturated heterocycles. The molecule has 0 aliphatic heterocycles. The Morgan fingerprint density at radius 3 is 2.68 bits per heavy atom. The van der Waals surface area contributed by atoms with Crippen molar-refractivity contribution in [2.24, 2.45) is 5.10 Å². The smallest absolute Gasteiger partial charge is 0.188 e. The number of hydrogen-bond donors (Lipinski definition) is 2. The van der Waals surface area contributed by atoms with Crippen LogP contribution in [0.3, 0.4) is 0 Å². The van der Waals surface area contributed by atoms with Crippen LogP contribution in [0.25, 0.3) is 0 Å². The lowest BCUT2D eigenvalue weighted by atomic mass is 10.1. The summed E-state index contributed by atoms with van der Waals surface area (Å²) in [5, 5.41) is 9.11. The van der Waals surface area contributed by atoms with Gasteiger partial charge in [0, 0.05) is 22.5 Å². The summed E-state index contributed by atoms with van der Waals surface area (Å²) < 4.78 is 0. The molecule has 0 radical (unpaired) electrons. The van der Waals surface area contributed by atoms with Crippen LogP contribution in [0.15, 0.2) is 46.8 Å². The van der Waals surface area contributed by atoms with Crippen molar-refractivity contribution in [1.82, 2.24) is 20.7 Å². The van der Waals surface area contributed by atoms with Crippen LogP contribution in [0.5, 0.6) is 0 Å². The highest BCUT2D eigenvalue weighted by molar-refractivity contribution is 7.98. The van der Waals surface area contributed by atoms with E-state index in [-0.39, 0.29) is 5.54 Å². The molecule has 0 bridgehead atoms. The van der Waals surface area contributed by atoms with Gasteiger partial charge in [-0.15, -0.1) is 0 Å². The van der Waals surface area contributed by atoms with E-state index < -0.39 is 0 Å². The quantitative estimate of drug-likeness (QED) is 0.263. The van der Waals surface area contributed by atoms with Crippen LogP contribution in [0.1, 0.15) is 32.0 Å². The van der Waals surface area contributed by atoms with E-state index in [0.29, 0.717) is 16.0 Å². The second-order valence-corrected chi connectivity index (χ2v) is 8.04. The molecule has 0 amide bonds. The monoisotopic (exact) mass is 393 g/mol. The van der Waals surface area contributed by atoms with Crippen LogP contribution >= 0.6 is 35.6 Å². The molecule has 0 aliphatic rings. The maximum atomic E-state index is 5.89. The first-order valence-corrected chi connectivity index (χ1v) is 9.40. The highest BCUT2D eigenvalue weighted by Crippen LogP contribution is 2.20. The number of nitrogens with zero attached hydrogens (tertiary/aromatic N) is 3. The fourth-order valence-corrected chi connectivity index (χ4v) is 3.03. The second-order valence-electron chi connectivity index (χ2n) is 6.25. The number of hydrogen-bond acceptors (Lipinski definition) is 5. The summed E-state index contributed by atoms with van der Waals surface area (Å²) >= 11 is 12.6. The van der Waals surface area contributed by atoms with Crippen molar-refractivity contribution in [3.8, 4) is 0 Å². The highest BCUT2D eigenvalue weighted by atomic mass is 35.5. The molecule has 0 fully saturated rings. The summed E-state index contributed by atoms with van der Waals surface area (Å²) in [5.74, 6) is 0.773. The normalized spacial score (nSPS) is 11.5. The third-order valence-corrected chi connectivity index (χ3v) is 4.17. The minimum absolute atomic E-state index is 0.111. The molecule has 1 heterocycles. The summed E-state index contributed by atoms with van der Waals surface area (Å²) in [6.45, 7) is 6.08. The van der Waals surface area contributed by atoms with E-state index in [1.54, 1.807) is 30.2 Å². The molecular formula is C17H20ClN5S2. The summed E-state index contributed by atoms with van der Waals surface area (Å²) in [6.07, 6.45) is 3.33. The van der Waals surface area contributed by atoms with E-state index in [9.17, 15) is 0 Å². The third-order valence-electron chi connectivity index (χ3n) is 2.79. The number of hydrazone groups is 1. The molecule has 0 atom stereocenters. The standard InChI is InChI=1S/C17H20ClN5S2/c1-17(2,3)22-15(24)23-20-10-14-8-9-19-16(21-14)25-11-12-4-6-13(18)7-5-12/h4-10H,11H2,1-3H3,(H2,22,23,24)/b20-10+. The molecule has 0 saturated carbocycles. The molecule has 0 spiro atoms. The molecule has 25 heavy (non-hydrogen) atoms. The van der Waals surface area contributed by atoms with Crippen LogP contribution < -0.4 is 10.7 Å². The number of thioether (sulfide) groups is 1. The predicted octanol–water partition coefficient (Wildman–Crippen LogP) is 4.02. The lowest BCUT2D eigenvalue weighted by Gasteiger charge is -2.21. The van der Waals surface area contributed by atoms with Gasteiger partial charge in [0.05, 0.1) is 11.9 Å². The topological polar surface area (TPSA) is 62.2 Å². The van der Waals surface area contributed by atoms with Crippen molar-refractivity contribution < 1.29 is 0 Å². The van der Waals surface area contributed by atoms with Gasteiger partial charge in [-0.2, -0.15) is 5.10 Å². The average Bonchev–Trinajstić information content (AvgIpc) is 2.53. The Bertz CT molecular complexity index is 741. The zero-order valence-corrected chi connectivity index (χ0v) is 16.7. The minimum Gasteiger partial charge on any atom is -0.357 e. The van der Waals surface area contributed by atoms with Gasteiger partial charge in [-0.1, -0.05) is 35.5 Å². The number of thiocarbonyl (C=S) groups is 1. The van der Waals surface area contributed by atoms with Crippen LogP contribution in [0.2, 0.25) is 5.02 Å². The summed E-state index contributed by atoms with van der Waals surface area (Å²) in [4.78, 5) is 8.72. The van der Waals surface area contributed by atoms with Crippen molar-refractivity contribution in [2.75, 3.05) is 0 Å². The first-order valence-electron chi connectivity index (χ1n) is 7.63. The molecule has 1 aromatic carbocycles. The van der Waals surface area contributed by atoms with Crippen LogP contribution in [0.4, 0.5) is 0 Å².